The molecule has 0 fully saturated rings. The van der Waals surface area contributed by atoms with Crippen LogP contribution in [0.1, 0.15) is 59.5 Å². The summed E-state index contributed by atoms with van der Waals surface area (Å²) in [5.74, 6) is 0.771. The van der Waals surface area contributed by atoms with E-state index in [1.165, 1.54) is 28.7 Å². The van der Waals surface area contributed by atoms with E-state index in [9.17, 15) is 9.59 Å². The number of thiophene rings is 1. The monoisotopic (exact) mass is 510 g/mol. The number of hydrogen-bond acceptors (Lipinski definition) is 7. The van der Waals surface area contributed by atoms with Gasteiger partial charge >= 0.3 is 5.97 Å². The number of aryl methyl sites for hydroxylation is 1. The first-order valence-electron chi connectivity index (χ1n) is 11.8. The number of nitrogens with zero attached hydrogens (tertiary/aromatic N) is 3. The van der Waals surface area contributed by atoms with Gasteiger partial charge in [-0.2, -0.15) is 0 Å². The maximum atomic E-state index is 12.8. The Morgan fingerprint density at radius 1 is 1.26 bits per heavy atom. The molecule has 0 spiro atoms. The maximum absolute atomic E-state index is 12.8. The molecule has 0 saturated carbocycles. The second-order valence-electron chi connectivity index (χ2n) is 8.60. The number of nitrogens with one attached hydrogen (secondary N) is 1. The first kappa shape index (κ1) is 25.2. The van der Waals surface area contributed by atoms with Crippen LogP contribution in [0.5, 0.6) is 0 Å². The van der Waals surface area contributed by atoms with Gasteiger partial charge in [0.05, 0.1) is 17.9 Å². The molecule has 4 rings (SSSR count). The van der Waals surface area contributed by atoms with Gasteiger partial charge in [-0.3, -0.25) is 9.36 Å². The summed E-state index contributed by atoms with van der Waals surface area (Å²) in [5.41, 5.74) is 3.77. The van der Waals surface area contributed by atoms with E-state index >= 15 is 0 Å². The van der Waals surface area contributed by atoms with Crippen molar-refractivity contribution in [1.82, 2.24) is 14.8 Å². The molecule has 3 aromatic rings. The van der Waals surface area contributed by atoms with Crippen LogP contribution < -0.4 is 5.32 Å². The van der Waals surface area contributed by atoms with Crippen molar-refractivity contribution in [3.63, 3.8) is 0 Å². The largest absolute Gasteiger partial charge is 0.462 e. The fourth-order valence-corrected chi connectivity index (χ4v) is 6.17. The number of esters is 1. The van der Waals surface area contributed by atoms with Crippen LogP contribution in [0.15, 0.2) is 42.1 Å². The van der Waals surface area contributed by atoms with Gasteiger partial charge < -0.3 is 10.1 Å². The van der Waals surface area contributed by atoms with Crippen molar-refractivity contribution in [3.05, 3.63) is 58.5 Å². The Bertz CT molecular complexity index is 1230. The average Bonchev–Trinajstić information content (AvgIpc) is 3.53. The Labute approximate surface area is 214 Å². The number of rotatable bonds is 10. The normalized spacial score (nSPS) is 12.6. The number of fused-ring (bicyclic) bond motifs is 1. The molecule has 0 radical (unpaired) electrons. The van der Waals surface area contributed by atoms with Gasteiger partial charge in [-0.25, -0.2) is 4.79 Å². The predicted molar refractivity (Wildman–Crippen MR) is 141 cm³/mol. The van der Waals surface area contributed by atoms with Crippen molar-refractivity contribution in [2.45, 2.75) is 57.7 Å². The Morgan fingerprint density at radius 3 is 2.71 bits per heavy atom. The number of allylic oxidation sites excluding steroid dienone is 1. The number of carbonyl (C=O) groups is 2. The molecule has 1 N–H and O–H groups in total. The van der Waals surface area contributed by atoms with Crippen molar-refractivity contribution in [1.29, 1.82) is 0 Å². The van der Waals surface area contributed by atoms with E-state index in [0.29, 0.717) is 34.8 Å². The van der Waals surface area contributed by atoms with Crippen LogP contribution in [-0.4, -0.2) is 39.0 Å². The molecule has 9 heteroatoms. The molecule has 2 heterocycles. The second-order valence-corrected chi connectivity index (χ2v) is 10.6. The van der Waals surface area contributed by atoms with Crippen molar-refractivity contribution in [2.24, 2.45) is 0 Å². The third-order valence-electron chi connectivity index (χ3n) is 5.85. The van der Waals surface area contributed by atoms with Crippen LogP contribution in [0.2, 0.25) is 0 Å². The molecule has 1 amide bonds. The van der Waals surface area contributed by atoms with Crippen LogP contribution in [0, 0.1) is 0 Å². The smallest absolute Gasteiger partial charge is 0.341 e. The number of ether oxygens (including phenoxy) is 1. The Morgan fingerprint density at radius 2 is 2.03 bits per heavy atom. The molecule has 35 heavy (non-hydrogen) atoms. The van der Waals surface area contributed by atoms with Gasteiger partial charge in [0.25, 0.3) is 0 Å². The van der Waals surface area contributed by atoms with E-state index in [2.05, 4.69) is 48.1 Å². The predicted octanol–water partition coefficient (Wildman–Crippen LogP) is 5.71. The van der Waals surface area contributed by atoms with Crippen LogP contribution in [0.25, 0.3) is 11.4 Å². The van der Waals surface area contributed by atoms with Crippen molar-refractivity contribution < 1.29 is 14.3 Å². The lowest BCUT2D eigenvalue weighted by molar-refractivity contribution is -0.113. The summed E-state index contributed by atoms with van der Waals surface area (Å²) in [6.45, 7) is 10.8. The first-order valence-corrected chi connectivity index (χ1v) is 13.6. The summed E-state index contributed by atoms with van der Waals surface area (Å²) in [5, 5.41) is 12.9. The summed E-state index contributed by atoms with van der Waals surface area (Å²) >= 11 is 2.79. The lowest BCUT2D eigenvalue weighted by Crippen LogP contribution is -2.17. The van der Waals surface area contributed by atoms with Crippen LogP contribution in [-0.2, 0) is 28.9 Å². The highest BCUT2D eigenvalue weighted by Crippen LogP contribution is 2.39. The number of thioether (sulfide) groups is 1. The highest BCUT2D eigenvalue weighted by molar-refractivity contribution is 7.99. The molecule has 0 atom stereocenters. The summed E-state index contributed by atoms with van der Waals surface area (Å²) in [6, 6.07) is 8.30. The van der Waals surface area contributed by atoms with E-state index < -0.39 is 0 Å². The first-order chi connectivity index (χ1) is 16.9. The molecule has 0 aliphatic heterocycles. The molecule has 0 saturated heterocycles. The second kappa shape index (κ2) is 11.2. The van der Waals surface area contributed by atoms with Crippen molar-refractivity contribution >= 4 is 40.0 Å². The molecule has 7 nitrogen and oxygen atoms in total. The summed E-state index contributed by atoms with van der Waals surface area (Å²) < 4.78 is 7.21. The molecular formula is C26H30N4O3S2. The van der Waals surface area contributed by atoms with Crippen molar-refractivity contribution in [2.75, 3.05) is 17.7 Å². The summed E-state index contributed by atoms with van der Waals surface area (Å²) in [6.07, 6.45) is 4.59. The van der Waals surface area contributed by atoms with Gasteiger partial charge in [-0.05, 0) is 43.2 Å². The van der Waals surface area contributed by atoms with E-state index in [-0.39, 0.29) is 17.6 Å². The summed E-state index contributed by atoms with van der Waals surface area (Å²) in [4.78, 5) is 26.6. The third-order valence-corrected chi connectivity index (χ3v) is 8.02. The zero-order valence-corrected chi connectivity index (χ0v) is 21.9. The number of amides is 1. The van der Waals surface area contributed by atoms with Gasteiger partial charge in [0, 0.05) is 17.0 Å². The lowest BCUT2D eigenvalue weighted by Gasteiger charge is -2.10. The van der Waals surface area contributed by atoms with E-state index in [1.54, 1.807) is 13.0 Å². The molecule has 2 aromatic heterocycles. The van der Waals surface area contributed by atoms with Gasteiger partial charge in [0.1, 0.15) is 5.00 Å². The van der Waals surface area contributed by atoms with Crippen LogP contribution in [0.3, 0.4) is 0 Å². The number of benzene rings is 1. The van der Waals surface area contributed by atoms with Gasteiger partial charge in [-0.1, -0.05) is 56.0 Å². The highest BCUT2D eigenvalue weighted by Gasteiger charge is 2.28. The quantitative estimate of drug-likeness (QED) is 0.214. The summed E-state index contributed by atoms with van der Waals surface area (Å²) in [7, 11) is 0. The molecular weight excluding hydrogens is 480 g/mol. The minimum atomic E-state index is -0.367. The zero-order valence-electron chi connectivity index (χ0n) is 20.3. The minimum Gasteiger partial charge on any atom is -0.462 e. The molecule has 184 valence electrons. The van der Waals surface area contributed by atoms with Crippen LogP contribution >= 0.6 is 23.1 Å². The Hall–Kier alpha value is -2.91. The average molecular weight is 511 g/mol. The fraction of sp³-hybridized carbons (Fsp3) is 0.385. The van der Waals surface area contributed by atoms with Gasteiger partial charge in [0.15, 0.2) is 11.0 Å². The van der Waals surface area contributed by atoms with Crippen molar-refractivity contribution in [3.8, 4) is 11.4 Å². The van der Waals surface area contributed by atoms with Gasteiger partial charge in [0.2, 0.25) is 5.91 Å². The zero-order chi connectivity index (χ0) is 24.9. The third kappa shape index (κ3) is 5.51. The number of hydrogen-bond donors (Lipinski definition) is 1. The van der Waals surface area contributed by atoms with E-state index in [4.69, 9.17) is 4.74 Å². The lowest BCUT2D eigenvalue weighted by atomic mass is 10.0. The molecule has 1 aromatic carbocycles. The number of carbonyl (C=O) groups excluding carboxylic acids is 2. The van der Waals surface area contributed by atoms with E-state index in [1.807, 2.05) is 16.7 Å². The van der Waals surface area contributed by atoms with E-state index in [0.717, 1.165) is 41.1 Å². The number of aromatic nitrogens is 3. The fourth-order valence-electron chi connectivity index (χ4n) is 4.12. The van der Waals surface area contributed by atoms with Gasteiger partial charge in [-0.15, -0.1) is 28.1 Å². The maximum Gasteiger partial charge on any atom is 0.341 e. The Kier molecular flexibility index (Phi) is 8.07. The minimum absolute atomic E-state index is 0.145. The number of anilines is 1. The molecule has 1 aliphatic carbocycles. The van der Waals surface area contributed by atoms with Crippen LogP contribution in [0.4, 0.5) is 5.00 Å². The SMILES string of the molecule is C=CCn1c(SCC(=O)Nc2sc3c(c2C(=O)OCC)CCC3)nnc1-c1ccc(C(C)C)cc1. The highest BCUT2D eigenvalue weighted by atomic mass is 32.2. The molecule has 1 aliphatic rings. The topological polar surface area (TPSA) is 86.1 Å². The standard InChI is InChI=1S/C26H30N4O3S2/c1-5-14-30-23(18-12-10-17(11-13-18)16(3)4)28-29-26(30)34-15-21(31)27-24-22(25(32)33-6-2)19-8-7-9-20(19)35-24/h5,10-13,16H,1,6-9,14-15H2,2-4H3,(H,27,31). The molecule has 0 bridgehead atoms. The Balaban J connectivity index is 1.48. The molecule has 0 unspecified atom stereocenters.